The zero-order valence-corrected chi connectivity index (χ0v) is 11.1. The Morgan fingerprint density at radius 2 is 1.73 bits per heavy atom. The molecule has 124 valence electrons. The summed E-state index contributed by atoms with van der Waals surface area (Å²) in [6, 6.07) is -0.314. The summed E-state index contributed by atoms with van der Waals surface area (Å²) >= 11 is 0. The number of hydrogen-bond donors (Lipinski definition) is 0. The van der Waals surface area contributed by atoms with Gasteiger partial charge in [0.2, 0.25) is 0 Å². The van der Waals surface area contributed by atoms with Crippen LogP contribution >= 0.6 is 10.7 Å². The van der Waals surface area contributed by atoms with E-state index in [9.17, 15) is 44.9 Å². The van der Waals surface area contributed by atoms with Gasteiger partial charge in [0.25, 0.3) is 9.05 Å². The standard InChI is InChI=1S/C7HClF6N2O5S/c8-22(19,20)2-1-3(21-7(12,13)14)15-5(16(17)18)4(2)6(9,10)11/h1H. The average molecular weight is 375 g/mol. The monoisotopic (exact) mass is 374 g/mol. The van der Waals surface area contributed by atoms with E-state index in [1.807, 2.05) is 0 Å². The molecule has 0 aliphatic rings. The van der Waals surface area contributed by atoms with Crippen LogP contribution in [0.3, 0.4) is 0 Å². The van der Waals surface area contributed by atoms with Gasteiger partial charge < -0.3 is 14.9 Å². The third kappa shape index (κ3) is 4.33. The first-order valence-electron chi connectivity index (χ1n) is 4.60. The smallest absolute Gasteiger partial charge is 0.366 e. The predicted molar refractivity (Wildman–Crippen MR) is 55.6 cm³/mol. The van der Waals surface area contributed by atoms with Crippen LogP contribution in [0.25, 0.3) is 0 Å². The highest BCUT2D eigenvalue weighted by molar-refractivity contribution is 8.13. The second-order valence-corrected chi connectivity index (χ2v) is 5.93. The highest BCUT2D eigenvalue weighted by Crippen LogP contribution is 2.42. The lowest BCUT2D eigenvalue weighted by molar-refractivity contribution is -0.393. The number of nitro groups is 1. The van der Waals surface area contributed by atoms with Crippen molar-refractivity contribution < 1.29 is 44.4 Å². The predicted octanol–water partition coefficient (Wildman–Crippen LogP) is 2.83. The Labute approximate surface area is 121 Å². The molecule has 1 heterocycles. The highest BCUT2D eigenvalue weighted by Gasteiger charge is 2.47. The number of ether oxygens (including phenoxy) is 1. The lowest BCUT2D eigenvalue weighted by Gasteiger charge is -2.12. The van der Waals surface area contributed by atoms with Crippen molar-refractivity contribution in [1.82, 2.24) is 4.98 Å². The number of hydrogen-bond acceptors (Lipinski definition) is 6. The Hall–Kier alpha value is -1.83. The summed E-state index contributed by atoms with van der Waals surface area (Å²) in [4.78, 5) is 9.14. The molecule has 0 saturated heterocycles. The minimum Gasteiger partial charge on any atom is -0.366 e. The van der Waals surface area contributed by atoms with Gasteiger partial charge in [-0.25, -0.2) is 8.42 Å². The molecule has 0 amide bonds. The van der Waals surface area contributed by atoms with Crippen LogP contribution in [0.2, 0.25) is 0 Å². The van der Waals surface area contributed by atoms with Crippen LogP contribution in [-0.4, -0.2) is 24.7 Å². The van der Waals surface area contributed by atoms with Crippen LogP contribution in [0.1, 0.15) is 5.56 Å². The van der Waals surface area contributed by atoms with E-state index < -0.39 is 48.7 Å². The van der Waals surface area contributed by atoms with Gasteiger partial charge in [-0.1, -0.05) is 0 Å². The summed E-state index contributed by atoms with van der Waals surface area (Å²) in [6.07, 6.45) is -11.1. The van der Waals surface area contributed by atoms with E-state index in [4.69, 9.17) is 0 Å². The fraction of sp³-hybridized carbons (Fsp3) is 0.286. The van der Waals surface area contributed by atoms with E-state index in [2.05, 4.69) is 20.4 Å². The van der Waals surface area contributed by atoms with Gasteiger partial charge in [-0.05, 0) is 4.92 Å². The Morgan fingerprint density at radius 1 is 1.23 bits per heavy atom. The van der Waals surface area contributed by atoms with Gasteiger partial charge in [-0.2, -0.15) is 13.2 Å². The van der Waals surface area contributed by atoms with Gasteiger partial charge in [0, 0.05) is 21.7 Å². The van der Waals surface area contributed by atoms with E-state index in [0.29, 0.717) is 0 Å². The van der Waals surface area contributed by atoms with Crippen molar-refractivity contribution in [2.75, 3.05) is 0 Å². The first-order valence-corrected chi connectivity index (χ1v) is 6.91. The van der Waals surface area contributed by atoms with E-state index >= 15 is 0 Å². The molecule has 0 aromatic carbocycles. The van der Waals surface area contributed by atoms with E-state index in [1.54, 1.807) is 0 Å². The van der Waals surface area contributed by atoms with E-state index in [0.717, 1.165) is 0 Å². The molecule has 0 aliphatic heterocycles. The molecule has 0 bridgehead atoms. The summed E-state index contributed by atoms with van der Waals surface area (Å²) in [5.74, 6) is -3.99. The number of alkyl halides is 6. The van der Waals surface area contributed by atoms with Crippen LogP contribution in [0.4, 0.5) is 32.2 Å². The zero-order chi connectivity index (χ0) is 17.5. The third-order valence-electron chi connectivity index (χ3n) is 1.88. The molecule has 0 saturated carbocycles. The highest BCUT2D eigenvalue weighted by atomic mass is 35.7. The second kappa shape index (κ2) is 5.42. The number of rotatable bonds is 3. The Morgan fingerprint density at radius 3 is 2.05 bits per heavy atom. The SMILES string of the molecule is O=[N+]([O-])c1nc(OC(F)(F)F)cc(S(=O)(=O)Cl)c1C(F)(F)F. The molecule has 1 aromatic rings. The van der Waals surface area contributed by atoms with Crippen LogP contribution < -0.4 is 4.74 Å². The summed E-state index contributed by atoms with van der Waals surface area (Å²) in [5.41, 5.74) is -2.41. The largest absolute Gasteiger partial charge is 0.575 e. The molecule has 15 heteroatoms. The molecule has 0 radical (unpaired) electrons. The zero-order valence-electron chi connectivity index (χ0n) is 9.57. The van der Waals surface area contributed by atoms with Crippen LogP contribution in [0.15, 0.2) is 11.0 Å². The Bertz CT molecular complexity index is 715. The van der Waals surface area contributed by atoms with Gasteiger partial charge in [-0.3, -0.25) is 0 Å². The molecule has 7 nitrogen and oxygen atoms in total. The number of halogens is 7. The Kier molecular flexibility index (Phi) is 4.49. The lowest BCUT2D eigenvalue weighted by Crippen LogP contribution is -2.20. The van der Waals surface area contributed by atoms with Crippen LogP contribution in [-0.2, 0) is 15.2 Å². The first-order chi connectivity index (χ1) is 9.63. The maximum Gasteiger partial charge on any atom is 0.575 e. The van der Waals surface area contributed by atoms with Gasteiger partial charge in [-0.15, -0.1) is 13.2 Å². The lowest BCUT2D eigenvalue weighted by atomic mass is 10.2. The van der Waals surface area contributed by atoms with Crippen molar-refractivity contribution in [1.29, 1.82) is 0 Å². The van der Waals surface area contributed by atoms with E-state index in [1.165, 1.54) is 0 Å². The minimum absolute atomic E-state index is 0.314. The maximum absolute atomic E-state index is 12.7. The van der Waals surface area contributed by atoms with Gasteiger partial charge in [0.05, 0.1) is 0 Å². The van der Waals surface area contributed by atoms with Crippen molar-refractivity contribution in [3.8, 4) is 5.88 Å². The molecule has 0 aliphatic carbocycles. The molecule has 0 unspecified atom stereocenters. The van der Waals surface area contributed by atoms with Gasteiger partial charge >= 0.3 is 24.2 Å². The van der Waals surface area contributed by atoms with Crippen molar-refractivity contribution in [3.63, 3.8) is 0 Å². The van der Waals surface area contributed by atoms with Crippen molar-refractivity contribution in [3.05, 3.63) is 21.7 Å². The third-order valence-corrected chi connectivity index (χ3v) is 3.23. The molecule has 1 rings (SSSR count). The fourth-order valence-corrected chi connectivity index (χ4v) is 2.31. The van der Waals surface area contributed by atoms with Crippen molar-refractivity contribution in [2.45, 2.75) is 17.4 Å². The van der Waals surface area contributed by atoms with Gasteiger partial charge in [0.15, 0.2) is 5.56 Å². The molecule has 1 aromatic heterocycles. The van der Waals surface area contributed by atoms with Gasteiger partial charge in [0.1, 0.15) is 4.90 Å². The Balaban J connectivity index is 3.81. The number of nitrogens with zero attached hydrogens (tertiary/aromatic N) is 2. The van der Waals surface area contributed by atoms with Crippen LogP contribution in [0.5, 0.6) is 5.88 Å². The molecular weight excluding hydrogens is 374 g/mol. The number of aromatic nitrogens is 1. The summed E-state index contributed by atoms with van der Waals surface area (Å²) < 4.78 is 99.4. The second-order valence-electron chi connectivity index (χ2n) is 3.40. The molecule has 0 fully saturated rings. The molecule has 0 atom stereocenters. The summed E-state index contributed by atoms with van der Waals surface area (Å²) in [7, 11) is -0.616. The maximum atomic E-state index is 12.7. The molecule has 22 heavy (non-hydrogen) atoms. The molecular formula is C7HClF6N2O5S. The fourth-order valence-electron chi connectivity index (χ4n) is 1.25. The summed E-state index contributed by atoms with van der Waals surface area (Å²) in [6.45, 7) is 0. The van der Waals surface area contributed by atoms with E-state index in [-0.39, 0.29) is 6.07 Å². The summed E-state index contributed by atoms with van der Waals surface area (Å²) in [5, 5.41) is 10.5. The van der Waals surface area contributed by atoms with Crippen LogP contribution in [0, 0.1) is 10.1 Å². The quantitative estimate of drug-likeness (QED) is 0.349. The number of pyridine rings is 1. The molecule has 0 spiro atoms. The average Bonchev–Trinajstić information content (AvgIpc) is 2.22. The normalized spacial score (nSPS) is 13.0. The molecule has 0 N–H and O–H groups in total. The minimum atomic E-state index is -5.62. The first kappa shape index (κ1) is 18.2. The van der Waals surface area contributed by atoms with Crippen molar-refractivity contribution >= 4 is 25.6 Å². The topological polar surface area (TPSA) is 99.4 Å². The van der Waals surface area contributed by atoms with Crippen molar-refractivity contribution in [2.24, 2.45) is 0 Å².